The number of carbonyl (C=O) groups is 2. The van der Waals surface area contributed by atoms with Gasteiger partial charge in [0.25, 0.3) is 0 Å². The molecule has 0 saturated heterocycles. The Labute approximate surface area is 123 Å². The monoisotopic (exact) mass is 596 g/mol. The molecule has 68 valence electrons. The predicted molar refractivity (Wildman–Crippen MR) is 56.3 cm³/mol. The minimum atomic E-state index is -1.15. The van der Waals surface area contributed by atoms with Gasteiger partial charge in [0.15, 0.2) is 0 Å². The molecule has 0 rings (SSSR count). The topological polar surface area (TPSA) is 80.3 Å². The zero-order valence-electron chi connectivity index (χ0n) is 6.41. The largest absolute Gasteiger partial charge is 2.00 e. The molecule has 13 heavy (non-hydrogen) atoms. The first-order valence-electron chi connectivity index (χ1n) is 2.50. The van der Waals surface area contributed by atoms with Crippen molar-refractivity contribution in [2.24, 2.45) is 0 Å². The molecule has 0 atom stereocenters. The van der Waals surface area contributed by atoms with Crippen LogP contribution in [0.2, 0.25) is 0 Å². The fourth-order valence-electron chi connectivity index (χ4n) is 0.103. The van der Waals surface area contributed by atoms with Crippen LogP contribution in [0.3, 0.4) is 0 Å². The van der Waals surface area contributed by atoms with E-state index in [-0.39, 0.29) is 27.7 Å². The average molecular weight is 594 g/mol. The summed E-state index contributed by atoms with van der Waals surface area (Å²) in [5.74, 6) is -2.30. The molecule has 0 heterocycles. The van der Waals surface area contributed by atoms with Crippen LogP contribution in [0.5, 0.6) is 0 Å². The number of carbonyl (C=O) groups excluding carboxylic acids is 2. The summed E-state index contributed by atoms with van der Waals surface area (Å²) in [6, 6.07) is 0. The SMILES string of the molecule is O=C([O-])/C=C/I.O=C([O-])/C=C/I.[Hg+2]. The maximum absolute atomic E-state index is 9.40. The summed E-state index contributed by atoms with van der Waals surface area (Å²) in [6.45, 7) is 0. The molecule has 0 amide bonds. The Morgan fingerprint density at radius 2 is 1.15 bits per heavy atom. The van der Waals surface area contributed by atoms with Crippen molar-refractivity contribution in [3.8, 4) is 0 Å². The second kappa shape index (κ2) is 15.3. The van der Waals surface area contributed by atoms with Gasteiger partial charge in [-0.3, -0.25) is 0 Å². The van der Waals surface area contributed by atoms with Gasteiger partial charge in [-0.05, 0) is 20.3 Å². The van der Waals surface area contributed by atoms with Crippen molar-refractivity contribution in [1.29, 1.82) is 0 Å². The molecule has 0 aromatic carbocycles. The van der Waals surface area contributed by atoms with E-state index in [0.717, 1.165) is 12.2 Å². The molecule has 0 aliphatic heterocycles. The fourth-order valence-corrected chi connectivity index (χ4v) is 0.690. The van der Waals surface area contributed by atoms with E-state index >= 15 is 0 Å². The van der Waals surface area contributed by atoms with Gasteiger partial charge in [0, 0.05) is 0 Å². The third kappa shape index (κ3) is 32.3. The molecule has 7 heteroatoms. The van der Waals surface area contributed by atoms with E-state index in [1.165, 1.54) is 8.17 Å². The molecule has 0 fully saturated rings. The Hall–Kier alpha value is 0.815. The number of hydrogen-bond acceptors (Lipinski definition) is 4. The second-order valence-electron chi connectivity index (χ2n) is 1.22. The van der Waals surface area contributed by atoms with Gasteiger partial charge < -0.3 is 19.8 Å². The molecule has 0 radical (unpaired) electrons. The van der Waals surface area contributed by atoms with E-state index in [1.54, 1.807) is 45.2 Å². The van der Waals surface area contributed by atoms with E-state index in [0.29, 0.717) is 0 Å². The van der Waals surface area contributed by atoms with E-state index in [1.807, 2.05) is 0 Å². The molecule has 0 unspecified atom stereocenters. The van der Waals surface area contributed by atoms with Gasteiger partial charge >= 0.3 is 27.7 Å². The summed E-state index contributed by atoms with van der Waals surface area (Å²) in [5, 5.41) is 18.8. The van der Waals surface area contributed by atoms with Gasteiger partial charge in [0.05, 0.1) is 11.9 Å². The Balaban J connectivity index is -0.000000143. The molecular weight excluding hydrogens is 590 g/mol. The molecule has 0 saturated carbocycles. The summed E-state index contributed by atoms with van der Waals surface area (Å²) in [4.78, 5) is 18.8. The summed E-state index contributed by atoms with van der Waals surface area (Å²) in [7, 11) is 0. The predicted octanol–water partition coefficient (Wildman–Crippen LogP) is -0.632. The van der Waals surface area contributed by atoms with Crippen LogP contribution in [-0.2, 0) is 37.3 Å². The van der Waals surface area contributed by atoms with Crippen LogP contribution in [-0.4, -0.2) is 11.9 Å². The molecule has 4 nitrogen and oxygen atoms in total. The normalized spacial score (nSPS) is 8.77. The summed E-state index contributed by atoms with van der Waals surface area (Å²) in [6.07, 6.45) is 1.92. The number of aliphatic carboxylic acids is 2. The van der Waals surface area contributed by atoms with Gasteiger partial charge in [0.2, 0.25) is 0 Å². The number of rotatable bonds is 2. The van der Waals surface area contributed by atoms with Gasteiger partial charge in [-0.25, -0.2) is 0 Å². The van der Waals surface area contributed by atoms with Crippen molar-refractivity contribution in [1.82, 2.24) is 0 Å². The summed E-state index contributed by atoms with van der Waals surface area (Å²) in [5.41, 5.74) is 0. The molecule has 0 aliphatic carbocycles. The average Bonchev–Trinajstić information content (AvgIpc) is 1.87. The van der Waals surface area contributed by atoms with Crippen molar-refractivity contribution in [3.63, 3.8) is 0 Å². The molecular formula is C6H4HgI2O4. The Bertz CT molecular complexity index is 181. The first kappa shape index (κ1) is 19.4. The minimum absolute atomic E-state index is 0. The van der Waals surface area contributed by atoms with Crippen LogP contribution in [0.25, 0.3) is 0 Å². The molecule has 0 aromatic heterocycles. The minimum Gasteiger partial charge on any atom is -0.545 e. The fraction of sp³-hybridized carbons (Fsp3) is 0. The van der Waals surface area contributed by atoms with Crippen LogP contribution >= 0.6 is 45.2 Å². The van der Waals surface area contributed by atoms with Crippen molar-refractivity contribution >= 4 is 57.1 Å². The van der Waals surface area contributed by atoms with E-state index < -0.39 is 11.9 Å². The molecule has 0 N–H and O–H groups in total. The molecule has 0 aliphatic rings. The summed E-state index contributed by atoms with van der Waals surface area (Å²) >= 11 is 3.60. The quantitative estimate of drug-likeness (QED) is 0.243. The van der Waals surface area contributed by atoms with Crippen LogP contribution in [0.4, 0.5) is 0 Å². The zero-order valence-corrected chi connectivity index (χ0v) is 16.2. The Kier molecular flexibility index (Phi) is 22.8. The van der Waals surface area contributed by atoms with Crippen LogP contribution < -0.4 is 10.2 Å². The van der Waals surface area contributed by atoms with Gasteiger partial charge in [-0.2, -0.15) is 0 Å². The maximum Gasteiger partial charge on any atom is 2.00 e. The van der Waals surface area contributed by atoms with Crippen LogP contribution in [0.1, 0.15) is 0 Å². The standard InChI is InChI=1S/2C3H3IO2.Hg/c2*4-2-1-3(5)6;/h2*1-2H,(H,5,6);/q;;+2/p-2/b2*2-1+;. The molecule has 0 aromatic rings. The first-order chi connectivity index (χ1) is 5.54. The van der Waals surface area contributed by atoms with Gasteiger partial charge in [0.1, 0.15) is 0 Å². The van der Waals surface area contributed by atoms with Crippen molar-refractivity contribution < 1.29 is 47.5 Å². The third-order valence-electron chi connectivity index (χ3n) is 0.398. The number of hydrogen-bond donors (Lipinski definition) is 0. The number of halogens is 2. The number of carboxylic acids is 2. The van der Waals surface area contributed by atoms with E-state index in [4.69, 9.17) is 0 Å². The van der Waals surface area contributed by atoms with E-state index in [9.17, 15) is 19.8 Å². The Morgan fingerprint density at radius 3 is 1.15 bits per heavy atom. The van der Waals surface area contributed by atoms with Gasteiger partial charge in [-0.1, -0.05) is 45.2 Å². The molecule has 0 spiro atoms. The van der Waals surface area contributed by atoms with Gasteiger partial charge in [-0.15, -0.1) is 0 Å². The summed E-state index contributed by atoms with van der Waals surface area (Å²) < 4.78 is 2.76. The van der Waals surface area contributed by atoms with E-state index in [2.05, 4.69) is 0 Å². The zero-order chi connectivity index (χ0) is 9.98. The third-order valence-corrected chi connectivity index (χ3v) is 1.12. The maximum atomic E-state index is 9.40. The first-order valence-corrected chi connectivity index (χ1v) is 4.99. The molecule has 0 bridgehead atoms. The van der Waals surface area contributed by atoms with Crippen molar-refractivity contribution in [2.75, 3.05) is 0 Å². The smallest absolute Gasteiger partial charge is 0.545 e. The second-order valence-corrected chi connectivity index (χ2v) is 2.66. The number of carboxylic acid groups (broad SMARTS) is 2. The van der Waals surface area contributed by atoms with Crippen molar-refractivity contribution in [2.45, 2.75) is 0 Å². The van der Waals surface area contributed by atoms with Crippen molar-refractivity contribution in [3.05, 3.63) is 20.3 Å². The van der Waals surface area contributed by atoms with Crippen LogP contribution in [0.15, 0.2) is 20.3 Å². The Morgan fingerprint density at radius 1 is 0.923 bits per heavy atom. The van der Waals surface area contributed by atoms with Crippen LogP contribution in [0, 0.1) is 0 Å².